The van der Waals surface area contributed by atoms with Crippen molar-refractivity contribution in [2.75, 3.05) is 25.5 Å². The van der Waals surface area contributed by atoms with Gasteiger partial charge in [0.2, 0.25) is 5.91 Å². The van der Waals surface area contributed by atoms with Gasteiger partial charge in [-0.15, -0.1) is 0 Å². The number of hydrogen-bond acceptors (Lipinski definition) is 5. The Bertz CT molecular complexity index is 1100. The number of likely N-dealkylation sites (N-methyl/N-ethyl adjacent to an activating group) is 1. The molecule has 8 nitrogen and oxygen atoms in total. The van der Waals surface area contributed by atoms with Crippen molar-refractivity contribution in [3.05, 3.63) is 59.7 Å². The lowest BCUT2D eigenvalue weighted by Gasteiger charge is -2.42. The van der Waals surface area contributed by atoms with E-state index in [9.17, 15) is 14.4 Å². The van der Waals surface area contributed by atoms with Crippen LogP contribution in [0.15, 0.2) is 48.5 Å². The zero-order valence-corrected chi connectivity index (χ0v) is 19.9. The summed E-state index contributed by atoms with van der Waals surface area (Å²) in [5.41, 5.74) is 1.47. The molecule has 5 rings (SSSR count). The molecule has 0 unspecified atom stereocenters. The highest BCUT2D eigenvalue weighted by Crippen LogP contribution is 2.33. The number of nitrogens with one attached hydrogen (secondary N) is 2. The lowest BCUT2D eigenvalue weighted by Crippen LogP contribution is -2.54. The van der Waals surface area contributed by atoms with Gasteiger partial charge in [0.05, 0.1) is 24.1 Å². The Balaban J connectivity index is 1.25. The Morgan fingerprint density at radius 1 is 1.06 bits per heavy atom. The van der Waals surface area contributed by atoms with E-state index in [1.807, 2.05) is 6.07 Å². The molecule has 0 spiro atoms. The summed E-state index contributed by atoms with van der Waals surface area (Å²) in [6, 6.07) is 13.9. The number of fused-ring (bicyclic) bond motifs is 2. The van der Waals surface area contributed by atoms with Crippen molar-refractivity contribution < 1.29 is 23.9 Å². The molecule has 2 aromatic rings. The number of benzene rings is 2. The molecule has 1 saturated carbocycles. The second-order valence-corrected chi connectivity index (χ2v) is 9.65. The topological polar surface area (TPSA) is 97.0 Å². The standard InChI is InChI=1S/C27H31N3O5/c1-30-22-11-10-20(14-25(31)28-15-17-7-8-17)35-24(22)16-34-23-12-9-19(13-21(23)27(30)33)29-26(32)18-5-3-2-4-6-18/h2-6,9,12-13,17,20,22,24H,7-8,10-11,14-16H2,1H3,(H,28,31)(H,29,32)/t20-,22-,24+/m1/s1. The predicted molar refractivity (Wildman–Crippen MR) is 130 cm³/mol. The van der Waals surface area contributed by atoms with Gasteiger partial charge in [-0.3, -0.25) is 14.4 Å². The van der Waals surface area contributed by atoms with Crippen molar-refractivity contribution in [3.8, 4) is 5.75 Å². The minimum atomic E-state index is -0.315. The molecule has 2 heterocycles. The second kappa shape index (κ2) is 10.1. The van der Waals surface area contributed by atoms with E-state index < -0.39 is 0 Å². The summed E-state index contributed by atoms with van der Waals surface area (Å²) < 4.78 is 12.3. The van der Waals surface area contributed by atoms with Crippen molar-refractivity contribution in [3.63, 3.8) is 0 Å². The average molecular weight is 478 g/mol. The highest BCUT2D eigenvalue weighted by molar-refractivity contribution is 6.05. The first-order chi connectivity index (χ1) is 17.0. The number of anilines is 1. The number of carbonyl (C=O) groups is 3. The summed E-state index contributed by atoms with van der Waals surface area (Å²) in [6.45, 7) is 1.04. The van der Waals surface area contributed by atoms with Gasteiger partial charge >= 0.3 is 0 Å². The fraction of sp³-hybridized carbons (Fsp3) is 0.444. The molecule has 0 aromatic heterocycles. The lowest BCUT2D eigenvalue weighted by atomic mass is 9.94. The summed E-state index contributed by atoms with van der Waals surface area (Å²) in [6.07, 6.45) is 3.66. The van der Waals surface area contributed by atoms with Gasteiger partial charge in [0, 0.05) is 24.8 Å². The first-order valence-corrected chi connectivity index (χ1v) is 12.3. The quantitative estimate of drug-likeness (QED) is 0.666. The maximum absolute atomic E-state index is 13.4. The van der Waals surface area contributed by atoms with Crippen LogP contribution in [0.2, 0.25) is 0 Å². The van der Waals surface area contributed by atoms with E-state index in [2.05, 4.69) is 10.6 Å². The van der Waals surface area contributed by atoms with Crippen molar-refractivity contribution in [1.29, 1.82) is 0 Å². The van der Waals surface area contributed by atoms with Gasteiger partial charge in [-0.25, -0.2) is 0 Å². The first-order valence-electron chi connectivity index (χ1n) is 12.3. The molecule has 3 aliphatic rings. The van der Waals surface area contributed by atoms with Crippen molar-refractivity contribution in [1.82, 2.24) is 10.2 Å². The van der Waals surface area contributed by atoms with Crippen LogP contribution in [-0.2, 0) is 9.53 Å². The molecule has 2 N–H and O–H groups in total. The molecule has 184 valence electrons. The van der Waals surface area contributed by atoms with Gasteiger partial charge in [-0.1, -0.05) is 18.2 Å². The van der Waals surface area contributed by atoms with Crippen LogP contribution in [0.3, 0.4) is 0 Å². The highest BCUT2D eigenvalue weighted by atomic mass is 16.5. The monoisotopic (exact) mass is 477 g/mol. The maximum atomic E-state index is 13.4. The van der Waals surface area contributed by atoms with E-state index in [0.717, 1.165) is 13.0 Å². The Morgan fingerprint density at radius 3 is 2.63 bits per heavy atom. The highest BCUT2D eigenvalue weighted by Gasteiger charge is 2.39. The molecule has 3 atom stereocenters. The zero-order chi connectivity index (χ0) is 24.4. The zero-order valence-electron chi connectivity index (χ0n) is 19.9. The fourth-order valence-electron chi connectivity index (χ4n) is 4.76. The molecular weight excluding hydrogens is 446 g/mol. The largest absolute Gasteiger partial charge is 0.490 e. The van der Waals surface area contributed by atoms with Gasteiger partial charge < -0.3 is 25.0 Å². The van der Waals surface area contributed by atoms with E-state index in [1.54, 1.807) is 54.4 Å². The van der Waals surface area contributed by atoms with Gasteiger partial charge in [-0.05, 0) is 61.9 Å². The van der Waals surface area contributed by atoms with E-state index in [1.165, 1.54) is 12.8 Å². The molecule has 3 amide bonds. The molecule has 0 radical (unpaired) electrons. The minimum Gasteiger partial charge on any atom is -0.490 e. The molecule has 2 fully saturated rings. The van der Waals surface area contributed by atoms with Gasteiger partial charge in [0.25, 0.3) is 11.8 Å². The number of nitrogens with zero attached hydrogens (tertiary/aromatic N) is 1. The average Bonchev–Trinajstić information content (AvgIpc) is 3.70. The number of rotatable bonds is 6. The Labute approximate surface area is 205 Å². The van der Waals surface area contributed by atoms with Crippen LogP contribution in [0.25, 0.3) is 0 Å². The summed E-state index contributed by atoms with van der Waals surface area (Å²) in [4.78, 5) is 39.9. The number of amides is 3. The number of ether oxygens (including phenoxy) is 2. The third-order valence-electron chi connectivity index (χ3n) is 7.00. The molecule has 1 aliphatic carbocycles. The van der Waals surface area contributed by atoms with Gasteiger partial charge in [-0.2, -0.15) is 0 Å². The Hall–Kier alpha value is -3.39. The fourth-order valence-corrected chi connectivity index (χ4v) is 4.76. The lowest BCUT2D eigenvalue weighted by molar-refractivity contribution is -0.134. The van der Waals surface area contributed by atoms with Crippen LogP contribution in [0.4, 0.5) is 5.69 Å². The van der Waals surface area contributed by atoms with Crippen LogP contribution in [0.5, 0.6) is 5.75 Å². The Kier molecular flexibility index (Phi) is 6.72. The smallest absolute Gasteiger partial charge is 0.257 e. The summed E-state index contributed by atoms with van der Waals surface area (Å²) in [7, 11) is 1.77. The molecule has 35 heavy (non-hydrogen) atoms. The molecular formula is C27H31N3O5. The normalized spacial score (nSPS) is 23.7. The van der Waals surface area contributed by atoms with E-state index in [0.29, 0.717) is 41.3 Å². The second-order valence-electron chi connectivity index (χ2n) is 9.65. The minimum absolute atomic E-state index is 0.0203. The Morgan fingerprint density at radius 2 is 1.86 bits per heavy atom. The maximum Gasteiger partial charge on any atom is 0.257 e. The molecule has 8 heteroatoms. The SMILES string of the molecule is CN1C(=O)c2cc(NC(=O)c3ccccc3)ccc2OC[C@@H]2O[C@@H](CC(=O)NCC3CC3)CC[C@H]21. The van der Waals surface area contributed by atoms with E-state index in [4.69, 9.17) is 9.47 Å². The van der Waals surface area contributed by atoms with Crippen LogP contribution in [-0.4, -0.2) is 61.1 Å². The summed E-state index contributed by atoms with van der Waals surface area (Å²) in [5.74, 6) is 0.681. The van der Waals surface area contributed by atoms with Crippen LogP contribution in [0.1, 0.15) is 52.8 Å². The molecule has 1 saturated heterocycles. The number of hydrogen-bond donors (Lipinski definition) is 2. The van der Waals surface area contributed by atoms with E-state index >= 15 is 0 Å². The third kappa shape index (κ3) is 5.48. The van der Waals surface area contributed by atoms with Crippen molar-refractivity contribution >= 4 is 23.4 Å². The van der Waals surface area contributed by atoms with Crippen LogP contribution in [0, 0.1) is 5.92 Å². The van der Waals surface area contributed by atoms with Crippen LogP contribution < -0.4 is 15.4 Å². The summed E-state index contributed by atoms with van der Waals surface area (Å²) >= 11 is 0. The first kappa shape index (κ1) is 23.4. The van der Waals surface area contributed by atoms with Crippen LogP contribution >= 0.6 is 0 Å². The van der Waals surface area contributed by atoms with Gasteiger partial charge in [0.15, 0.2) is 0 Å². The van der Waals surface area contributed by atoms with Crippen molar-refractivity contribution in [2.45, 2.75) is 50.4 Å². The van der Waals surface area contributed by atoms with Crippen molar-refractivity contribution in [2.24, 2.45) is 5.92 Å². The molecule has 2 aromatic carbocycles. The predicted octanol–water partition coefficient (Wildman–Crippen LogP) is 3.24. The van der Waals surface area contributed by atoms with Gasteiger partial charge in [0.1, 0.15) is 18.5 Å². The summed E-state index contributed by atoms with van der Waals surface area (Å²) in [5, 5.41) is 5.85. The molecule has 0 bridgehead atoms. The van der Waals surface area contributed by atoms with E-state index in [-0.39, 0.29) is 42.6 Å². The number of carbonyl (C=O) groups excluding carboxylic acids is 3. The molecule has 2 aliphatic heterocycles. The third-order valence-corrected chi connectivity index (χ3v) is 7.00.